The molecule has 6 rings (SSSR count). The van der Waals surface area contributed by atoms with Crippen LogP contribution in [-0.2, 0) is 0 Å². The highest BCUT2D eigenvalue weighted by molar-refractivity contribution is 5.00. The number of aliphatic hydroxyl groups is 6. The maximum absolute atomic E-state index is 9.30. The van der Waals surface area contributed by atoms with Crippen LogP contribution in [0.25, 0.3) is 0 Å². The maximum atomic E-state index is 9.30. The molecule has 0 heterocycles. The van der Waals surface area contributed by atoms with Crippen LogP contribution in [-0.4, -0.2) is 146 Å². The van der Waals surface area contributed by atoms with E-state index in [1.165, 1.54) is 96.3 Å². The molecule has 6 aliphatic rings. The lowest BCUT2D eigenvalue weighted by Crippen LogP contribution is -2.52. The zero-order valence-corrected chi connectivity index (χ0v) is 38.0. The summed E-state index contributed by atoms with van der Waals surface area (Å²) < 4.78 is 0. The Bertz CT molecular complexity index is 897. The summed E-state index contributed by atoms with van der Waals surface area (Å²) in [5.41, 5.74) is 0.495. The van der Waals surface area contributed by atoms with Gasteiger partial charge in [-0.2, -0.15) is 0 Å². The number of likely N-dealkylation sites (N-methyl/N-ethyl adjacent to an activating group) is 6. The fourth-order valence-electron chi connectivity index (χ4n) is 8.95. The molecule has 350 valence electrons. The summed E-state index contributed by atoms with van der Waals surface area (Å²) in [6, 6.07) is 0. The number of hydrogen-bond acceptors (Lipinski definition) is 12. The van der Waals surface area contributed by atoms with E-state index in [2.05, 4.69) is 31.9 Å². The van der Waals surface area contributed by atoms with E-state index < -0.39 is 0 Å². The molecule has 0 radical (unpaired) electrons. The van der Waals surface area contributed by atoms with Crippen molar-refractivity contribution in [1.29, 1.82) is 0 Å². The van der Waals surface area contributed by atoms with Gasteiger partial charge in [-0.05, 0) is 126 Å². The lowest BCUT2D eigenvalue weighted by molar-refractivity contribution is 0.0967. The molecule has 12 heteroatoms. The highest BCUT2D eigenvalue weighted by Gasteiger charge is 2.40. The molecular formula is C46H100N6O6. The molecule has 0 aliphatic heterocycles. The summed E-state index contributed by atoms with van der Waals surface area (Å²) in [4.78, 5) is 0. The quantitative estimate of drug-likeness (QED) is 0.120. The Morgan fingerprint density at radius 2 is 0.379 bits per heavy atom. The molecular weight excluding hydrogens is 733 g/mol. The molecule has 0 aromatic rings. The van der Waals surface area contributed by atoms with Crippen LogP contribution in [0, 0.1) is 0 Å². The topological polar surface area (TPSA) is 194 Å². The lowest BCUT2D eigenvalue weighted by Gasteiger charge is -2.39. The van der Waals surface area contributed by atoms with Gasteiger partial charge in [-0.25, -0.2) is 0 Å². The fourth-order valence-corrected chi connectivity index (χ4v) is 8.95. The van der Waals surface area contributed by atoms with E-state index in [9.17, 15) is 10.2 Å². The van der Waals surface area contributed by atoms with Gasteiger partial charge in [0.25, 0.3) is 0 Å². The average molecular weight is 833 g/mol. The molecule has 12 N–H and O–H groups in total. The van der Waals surface area contributed by atoms with E-state index in [0.717, 1.165) is 77.0 Å². The van der Waals surface area contributed by atoms with Crippen molar-refractivity contribution >= 4 is 0 Å². The van der Waals surface area contributed by atoms with Crippen molar-refractivity contribution in [3.8, 4) is 0 Å². The fraction of sp³-hybridized carbons (Fsp3) is 1.00. The predicted octanol–water partition coefficient (Wildman–Crippen LogP) is 4.87. The van der Waals surface area contributed by atoms with Gasteiger partial charge in [0.05, 0.1) is 39.6 Å². The number of rotatable bonds is 12. The van der Waals surface area contributed by atoms with Gasteiger partial charge < -0.3 is 62.5 Å². The minimum atomic E-state index is 0. The smallest absolute Gasteiger partial charge is 0.0613 e. The van der Waals surface area contributed by atoms with Crippen molar-refractivity contribution in [2.45, 2.75) is 214 Å². The van der Waals surface area contributed by atoms with Gasteiger partial charge in [0, 0.05) is 33.2 Å². The van der Waals surface area contributed by atoms with E-state index in [-0.39, 0.29) is 40.7 Å². The summed E-state index contributed by atoms with van der Waals surface area (Å²) in [6.07, 6.45) is 33.1. The molecule has 6 aliphatic carbocycles. The largest absolute Gasteiger partial charge is 0.394 e. The van der Waals surface area contributed by atoms with Gasteiger partial charge in [0.2, 0.25) is 0 Å². The van der Waals surface area contributed by atoms with Crippen LogP contribution in [0.4, 0.5) is 0 Å². The summed E-state index contributed by atoms with van der Waals surface area (Å²) >= 11 is 0. The molecule has 0 spiro atoms. The average Bonchev–Trinajstić information content (AvgIpc) is 3.96. The zero-order valence-electron chi connectivity index (χ0n) is 38.0. The highest BCUT2D eigenvalue weighted by atomic mass is 16.3. The SMILES string of the molecule is C.CNC1(CO)CC1.CNC1(CO)CCC1.CNC1(CO)CCCC1.CNC1(CO)CCCCC1.CNC1(CO)CCCCCC1.CNC1(CO)CCCCCCC1. The van der Waals surface area contributed by atoms with Gasteiger partial charge in [0.15, 0.2) is 0 Å². The Hall–Kier alpha value is -0.480. The summed E-state index contributed by atoms with van der Waals surface area (Å²) in [5.74, 6) is 0. The zero-order chi connectivity index (χ0) is 42.6. The van der Waals surface area contributed by atoms with Gasteiger partial charge in [-0.3, -0.25) is 0 Å². The predicted molar refractivity (Wildman–Crippen MR) is 245 cm³/mol. The van der Waals surface area contributed by atoms with Crippen LogP contribution in [0.15, 0.2) is 0 Å². The van der Waals surface area contributed by atoms with Crippen LogP contribution in [0.5, 0.6) is 0 Å². The molecule has 58 heavy (non-hydrogen) atoms. The summed E-state index contributed by atoms with van der Waals surface area (Å²) in [6.45, 7) is 1.77. The van der Waals surface area contributed by atoms with Crippen LogP contribution >= 0.6 is 0 Å². The molecule has 0 aromatic heterocycles. The number of hydrogen-bond donors (Lipinski definition) is 12. The third-order valence-electron chi connectivity index (χ3n) is 14.9. The first-order valence-corrected chi connectivity index (χ1v) is 23.3. The second-order valence-corrected chi connectivity index (χ2v) is 18.4. The Balaban J connectivity index is 0.000000675. The van der Waals surface area contributed by atoms with E-state index >= 15 is 0 Å². The van der Waals surface area contributed by atoms with Gasteiger partial charge in [0.1, 0.15) is 0 Å². The van der Waals surface area contributed by atoms with E-state index in [0.29, 0.717) is 39.6 Å². The maximum Gasteiger partial charge on any atom is 0.0613 e. The molecule has 12 nitrogen and oxygen atoms in total. The molecule has 0 aromatic carbocycles. The van der Waals surface area contributed by atoms with Crippen molar-refractivity contribution < 1.29 is 30.6 Å². The Kier molecular flexibility index (Phi) is 31.1. The van der Waals surface area contributed by atoms with Crippen molar-refractivity contribution in [2.24, 2.45) is 0 Å². The van der Waals surface area contributed by atoms with Crippen molar-refractivity contribution in [2.75, 3.05) is 81.9 Å². The van der Waals surface area contributed by atoms with E-state index in [1.807, 2.05) is 42.3 Å². The molecule has 6 saturated carbocycles. The highest BCUT2D eigenvalue weighted by Crippen LogP contribution is 2.34. The molecule has 6 fully saturated rings. The van der Waals surface area contributed by atoms with Crippen LogP contribution in [0.3, 0.4) is 0 Å². The van der Waals surface area contributed by atoms with Gasteiger partial charge in [-0.15, -0.1) is 0 Å². The first-order chi connectivity index (χ1) is 27.5. The van der Waals surface area contributed by atoms with Gasteiger partial charge in [-0.1, -0.05) is 97.3 Å². The molecule has 0 saturated heterocycles. The third-order valence-corrected chi connectivity index (χ3v) is 14.9. The van der Waals surface area contributed by atoms with Crippen LogP contribution in [0.1, 0.15) is 181 Å². The van der Waals surface area contributed by atoms with E-state index in [4.69, 9.17) is 20.4 Å². The van der Waals surface area contributed by atoms with Crippen molar-refractivity contribution in [3.05, 3.63) is 0 Å². The number of nitrogens with one attached hydrogen (secondary N) is 6. The van der Waals surface area contributed by atoms with E-state index in [1.54, 1.807) is 0 Å². The van der Waals surface area contributed by atoms with Gasteiger partial charge >= 0.3 is 0 Å². The second kappa shape index (κ2) is 31.4. The monoisotopic (exact) mass is 833 g/mol. The Labute approximate surface area is 357 Å². The Morgan fingerprint density at radius 1 is 0.241 bits per heavy atom. The molecule has 0 amide bonds. The van der Waals surface area contributed by atoms with Crippen molar-refractivity contribution in [1.82, 2.24) is 31.9 Å². The number of aliphatic hydroxyl groups excluding tert-OH is 6. The minimum absolute atomic E-state index is 0. The summed E-state index contributed by atoms with van der Waals surface area (Å²) in [7, 11) is 11.6. The molecule has 0 unspecified atom stereocenters. The van der Waals surface area contributed by atoms with Crippen LogP contribution in [0.2, 0.25) is 0 Å². The molecule has 0 bridgehead atoms. The standard InChI is InChI=1S/C10H21NO.C9H19NO.C8H17NO.C7H15NO.C6H13NO.C5H11NO.CH4/c1-11-10(9-12)7-5-3-2-4-6-8-10;1-10-9(8-11)6-4-2-3-5-7-9;1-9-8(7-10)5-3-2-4-6-8;1-8-7(6-9)4-2-3-5-7;1-7-6(5-8)3-2-4-6;1-6-5(4-7)2-3-5;/h11-12H,2-9H2,1H3;10-11H,2-8H2,1H3;9-10H,2-7H2,1H3;8-9H,2-6H2,1H3;7-8H,2-5H2,1H3;6-7H,2-4H2,1H3;1H4. The molecule has 0 atom stereocenters. The first kappa shape index (κ1) is 57.5. The Morgan fingerprint density at radius 3 is 0.500 bits per heavy atom. The lowest BCUT2D eigenvalue weighted by atomic mass is 9.78. The minimum Gasteiger partial charge on any atom is -0.394 e. The second-order valence-electron chi connectivity index (χ2n) is 18.4. The van der Waals surface area contributed by atoms with Crippen molar-refractivity contribution in [3.63, 3.8) is 0 Å². The first-order valence-electron chi connectivity index (χ1n) is 23.3. The third kappa shape index (κ3) is 20.1. The summed E-state index contributed by atoms with van der Waals surface area (Å²) in [5, 5.41) is 73.0. The normalized spacial score (nSPS) is 24.2. The van der Waals surface area contributed by atoms with Crippen LogP contribution < -0.4 is 31.9 Å².